The Hall–Kier alpha value is -5.39. The molecule has 10 rings (SSSR count). The minimum atomic E-state index is 0.675. The molecule has 1 aliphatic rings. The molecule has 5 heterocycles. The van der Waals surface area contributed by atoms with E-state index in [1.54, 1.807) is 0 Å². The summed E-state index contributed by atoms with van der Waals surface area (Å²) in [5.74, 6) is 0.675. The van der Waals surface area contributed by atoms with Crippen molar-refractivity contribution in [1.82, 2.24) is 14.4 Å². The number of para-hydroxylation sites is 1. The molecule has 0 amide bonds. The zero-order chi connectivity index (χ0) is 28.1. The van der Waals surface area contributed by atoms with Crippen LogP contribution < -0.4 is 4.90 Å². The minimum Gasteiger partial charge on any atom is -0.306 e. The van der Waals surface area contributed by atoms with E-state index in [-0.39, 0.29) is 0 Å². The quantitative estimate of drug-likeness (QED) is 0.208. The molecule has 0 spiro atoms. The van der Waals surface area contributed by atoms with Crippen molar-refractivity contribution in [2.45, 2.75) is 9.79 Å². The fourth-order valence-electron chi connectivity index (χ4n) is 6.82. The lowest BCUT2D eigenvalue weighted by Gasteiger charge is -2.30. The molecule has 0 saturated heterocycles. The second-order valence-electron chi connectivity index (χ2n) is 11.1. The molecular formula is C38H22N4S. The van der Waals surface area contributed by atoms with Gasteiger partial charge < -0.3 is 4.40 Å². The van der Waals surface area contributed by atoms with Gasteiger partial charge in [0.05, 0.1) is 44.0 Å². The maximum atomic E-state index is 5.39. The Morgan fingerprint density at radius 3 is 2.12 bits per heavy atom. The Labute approximate surface area is 251 Å². The van der Waals surface area contributed by atoms with E-state index in [1.165, 1.54) is 47.9 Å². The number of nitrogens with zero attached hydrogens (tertiary/aromatic N) is 4. The normalized spacial score (nSPS) is 13.0. The van der Waals surface area contributed by atoms with Crippen molar-refractivity contribution < 1.29 is 0 Å². The molecule has 43 heavy (non-hydrogen) atoms. The zero-order valence-electron chi connectivity index (χ0n) is 22.9. The Balaban J connectivity index is 1.37. The standard InChI is InChI=1S/C38H22N4S/c1-2-11-23(12-3-1)34-28-17-8-9-18-29(28)39-38(40-34)42-32-21-24-13-4-5-14-25(24)22-33(32)43-37-31-20-10-19-30-26-15-6-7-16-27(26)35(36(37)42)41(30)31/h1-22H. The number of rotatable bonds is 2. The maximum absolute atomic E-state index is 5.39. The lowest BCUT2D eigenvalue weighted by atomic mass is 10.1. The molecule has 0 unspecified atom stereocenters. The van der Waals surface area contributed by atoms with Crippen LogP contribution >= 0.6 is 11.8 Å². The molecule has 4 aromatic heterocycles. The first-order chi connectivity index (χ1) is 21.3. The second kappa shape index (κ2) is 8.57. The summed E-state index contributed by atoms with van der Waals surface area (Å²) in [4.78, 5) is 15.4. The van der Waals surface area contributed by atoms with E-state index in [2.05, 4.69) is 137 Å². The van der Waals surface area contributed by atoms with Crippen molar-refractivity contribution >= 4 is 78.1 Å². The number of anilines is 3. The average molecular weight is 567 g/mol. The molecule has 0 aliphatic carbocycles. The molecule has 1 aliphatic heterocycles. The molecule has 0 saturated carbocycles. The molecule has 0 fully saturated rings. The SMILES string of the molecule is c1ccc(-c2nc(N3c4cc5ccccc5cc4Sc4c3c3c5ccccc5c5cccc4n53)nc3ccccc23)cc1. The van der Waals surface area contributed by atoms with Crippen molar-refractivity contribution in [2.24, 2.45) is 0 Å². The monoisotopic (exact) mass is 566 g/mol. The Morgan fingerprint density at radius 2 is 1.26 bits per heavy atom. The van der Waals surface area contributed by atoms with Crippen molar-refractivity contribution in [3.05, 3.63) is 133 Å². The van der Waals surface area contributed by atoms with Gasteiger partial charge in [-0.3, -0.25) is 4.90 Å². The van der Waals surface area contributed by atoms with Crippen LogP contribution in [0.15, 0.2) is 143 Å². The Kier molecular flexibility index (Phi) is 4.62. The molecule has 5 heteroatoms. The highest BCUT2D eigenvalue weighted by Crippen LogP contribution is 2.58. The predicted molar refractivity (Wildman–Crippen MR) is 178 cm³/mol. The highest BCUT2D eigenvalue weighted by atomic mass is 32.2. The summed E-state index contributed by atoms with van der Waals surface area (Å²) < 4.78 is 2.43. The number of fused-ring (bicyclic) bond motifs is 9. The van der Waals surface area contributed by atoms with Crippen LogP contribution in [0.2, 0.25) is 0 Å². The Bertz CT molecular complexity index is 2550. The van der Waals surface area contributed by atoms with Crippen molar-refractivity contribution in [3.63, 3.8) is 0 Å². The van der Waals surface area contributed by atoms with Crippen LogP contribution in [0.4, 0.5) is 17.3 Å². The largest absolute Gasteiger partial charge is 0.306 e. The Morgan fingerprint density at radius 1 is 0.558 bits per heavy atom. The maximum Gasteiger partial charge on any atom is 0.235 e. The van der Waals surface area contributed by atoms with Gasteiger partial charge in [-0.2, -0.15) is 0 Å². The summed E-state index contributed by atoms with van der Waals surface area (Å²) in [5, 5.41) is 5.95. The molecular weight excluding hydrogens is 545 g/mol. The van der Waals surface area contributed by atoms with Crippen LogP contribution in [0, 0.1) is 0 Å². The van der Waals surface area contributed by atoms with E-state index in [0.29, 0.717) is 5.95 Å². The van der Waals surface area contributed by atoms with Crippen LogP contribution in [0.1, 0.15) is 0 Å². The first kappa shape index (κ1) is 23.2. The summed E-state index contributed by atoms with van der Waals surface area (Å²) in [7, 11) is 0. The number of hydrogen-bond donors (Lipinski definition) is 0. The summed E-state index contributed by atoms with van der Waals surface area (Å²) >= 11 is 1.85. The summed E-state index contributed by atoms with van der Waals surface area (Å²) in [6, 6.07) is 47.4. The number of aromatic nitrogens is 3. The molecule has 0 radical (unpaired) electrons. The van der Waals surface area contributed by atoms with Gasteiger partial charge in [0.1, 0.15) is 0 Å². The number of hydrogen-bond acceptors (Lipinski definition) is 4. The average Bonchev–Trinajstić information content (AvgIpc) is 3.58. The molecule has 5 aromatic carbocycles. The molecule has 4 nitrogen and oxygen atoms in total. The van der Waals surface area contributed by atoms with Crippen LogP contribution in [-0.2, 0) is 0 Å². The molecule has 200 valence electrons. The highest BCUT2D eigenvalue weighted by Gasteiger charge is 2.34. The van der Waals surface area contributed by atoms with Gasteiger partial charge in [-0.1, -0.05) is 115 Å². The fourth-order valence-corrected chi connectivity index (χ4v) is 8.03. The predicted octanol–water partition coefficient (Wildman–Crippen LogP) is 10.4. The zero-order valence-corrected chi connectivity index (χ0v) is 23.7. The summed E-state index contributed by atoms with van der Waals surface area (Å²) in [6.45, 7) is 0. The topological polar surface area (TPSA) is 33.4 Å². The van der Waals surface area contributed by atoms with Gasteiger partial charge in [-0.25, -0.2) is 9.97 Å². The van der Waals surface area contributed by atoms with E-state index in [4.69, 9.17) is 9.97 Å². The van der Waals surface area contributed by atoms with Gasteiger partial charge in [0.15, 0.2) is 0 Å². The van der Waals surface area contributed by atoms with Crippen LogP contribution in [0.25, 0.3) is 60.3 Å². The molecule has 0 bridgehead atoms. The third-order valence-electron chi connectivity index (χ3n) is 8.69. The smallest absolute Gasteiger partial charge is 0.235 e. The van der Waals surface area contributed by atoms with E-state index in [0.717, 1.165) is 33.5 Å². The number of pyridine rings is 1. The minimum absolute atomic E-state index is 0.675. The third-order valence-corrected chi connectivity index (χ3v) is 9.84. The van der Waals surface area contributed by atoms with Gasteiger partial charge in [-0.05, 0) is 41.1 Å². The molecule has 9 aromatic rings. The van der Waals surface area contributed by atoms with Gasteiger partial charge in [0.2, 0.25) is 5.95 Å². The first-order valence-corrected chi connectivity index (χ1v) is 15.3. The second-order valence-corrected chi connectivity index (χ2v) is 12.1. The van der Waals surface area contributed by atoms with E-state index in [9.17, 15) is 0 Å². The highest BCUT2D eigenvalue weighted by molar-refractivity contribution is 8.00. The first-order valence-electron chi connectivity index (χ1n) is 14.4. The summed E-state index contributed by atoms with van der Waals surface area (Å²) in [5.41, 5.74) is 8.79. The van der Waals surface area contributed by atoms with Gasteiger partial charge in [0, 0.05) is 26.6 Å². The fraction of sp³-hybridized carbons (Fsp3) is 0. The van der Waals surface area contributed by atoms with Crippen LogP contribution in [0.3, 0.4) is 0 Å². The molecule has 0 N–H and O–H groups in total. The van der Waals surface area contributed by atoms with E-state index < -0.39 is 0 Å². The lowest BCUT2D eigenvalue weighted by Crippen LogP contribution is -2.17. The number of benzene rings is 5. The van der Waals surface area contributed by atoms with Gasteiger partial charge in [0.25, 0.3) is 0 Å². The van der Waals surface area contributed by atoms with Crippen molar-refractivity contribution in [3.8, 4) is 11.3 Å². The van der Waals surface area contributed by atoms with Gasteiger partial charge >= 0.3 is 0 Å². The molecule has 0 atom stereocenters. The van der Waals surface area contributed by atoms with E-state index >= 15 is 0 Å². The van der Waals surface area contributed by atoms with Gasteiger partial charge in [-0.15, -0.1) is 0 Å². The van der Waals surface area contributed by atoms with Crippen molar-refractivity contribution in [2.75, 3.05) is 4.90 Å². The van der Waals surface area contributed by atoms with Crippen molar-refractivity contribution in [1.29, 1.82) is 0 Å². The van der Waals surface area contributed by atoms with E-state index in [1.807, 2.05) is 17.8 Å². The lowest BCUT2D eigenvalue weighted by molar-refractivity contribution is 1.08. The third kappa shape index (κ3) is 3.17. The van der Waals surface area contributed by atoms with Crippen LogP contribution in [-0.4, -0.2) is 14.4 Å². The van der Waals surface area contributed by atoms with Crippen LogP contribution in [0.5, 0.6) is 0 Å². The summed E-state index contributed by atoms with van der Waals surface area (Å²) in [6.07, 6.45) is 0.